The van der Waals surface area contributed by atoms with E-state index in [4.69, 9.17) is 0 Å². The summed E-state index contributed by atoms with van der Waals surface area (Å²) in [7, 11) is 0. The van der Waals surface area contributed by atoms with Crippen LogP contribution in [0.1, 0.15) is 32.1 Å². The first-order valence-electron chi connectivity index (χ1n) is 5.98. The fourth-order valence-corrected chi connectivity index (χ4v) is 2.43. The van der Waals surface area contributed by atoms with E-state index in [1.165, 1.54) is 13.0 Å². The monoisotopic (exact) mass is 198 g/mol. The van der Waals surface area contributed by atoms with Crippen molar-refractivity contribution in [3.63, 3.8) is 0 Å². The van der Waals surface area contributed by atoms with Crippen LogP contribution < -0.4 is 10.6 Å². The minimum absolute atomic E-state index is 0.0560. The van der Waals surface area contributed by atoms with Crippen molar-refractivity contribution < 1.29 is 5.11 Å². The smallest absolute Gasteiger partial charge is 0.0569 e. The van der Waals surface area contributed by atoms with Crippen molar-refractivity contribution in [2.45, 2.75) is 44.2 Å². The number of piperidine rings is 1. The summed E-state index contributed by atoms with van der Waals surface area (Å²) < 4.78 is 0. The van der Waals surface area contributed by atoms with Crippen LogP contribution in [-0.2, 0) is 0 Å². The average molecular weight is 198 g/mol. The van der Waals surface area contributed by atoms with Gasteiger partial charge in [-0.25, -0.2) is 0 Å². The van der Waals surface area contributed by atoms with Crippen molar-refractivity contribution in [3.8, 4) is 0 Å². The predicted octanol–water partition coefficient (Wildman–Crippen LogP) is 0.489. The van der Waals surface area contributed by atoms with Gasteiger partial charge in [0.05, 0.1) is 6.10 Å². The van der Waals surface area contributed by atoms with Crippen molar-refractivity contribution >= 4 is 0 Å². The molecule has 2 heterocycles. The number of rotatable bonds is 4. The molecular formula is C11H22N2O. The van der Waals surface area contributed by atoms with Crippen LogP contribution in [0, 0.1) is 5.92 Å². The van der Waals surface area contributed by atoms with Crippen LogP contribution in [-0.4, -0.2) is 36.9 Å². The third-order valence-corrected chi connectivity index (χ3v) is 3.66. The third-order valence-electron chi connectivity index (χ3n) is 3.66. The Hall–Kier alpha value is -0.120. The summed E-state index contributed by atoms with van der Waals surface area (Å²) in [6.07, 6.45) is 5.70. The number of aliphatic hydroxyl groups is 1. The van der Waals surface area contributed by atoms with Crippen LogP contribution in [0.2, 0.25) is 0 Å². The van der Waals surface area contributed by atoms with Gasteiger partial charge in [-0.3, -0.25) is 0 Å². The molecular weight excluding hydrogens is 176 g/mol. The minimum atomic E-state index is -0.0560. The lowest BCUT2D eigenvalue weighted by Crippen LogP contribution is -2.43. The molecule has 2 saturated heterocycles. The van der Waals surface area contributed by atoms with E-state index in [1.807, 2.05) is 0 Å². The first-order chi connectivity index (χ1) is 6.86. The summed E-state index contributed by atoms with van der Waals surface area (Å²) in [6.45, 7) is 3.35. The molecule has 3 nitrogen and oxygen atoms in total. The van der Waals surface area contributed by atoms with Crippen LogP contribution in [0.15, 0.2) is 0 Å². The first kappa shape index (κ1) is 10.4. The van der Waals surface area contributed by atoms with Crippen molar-refractivity contribution in [2.24, 2.45) is 5.92 Å². The van der Waals surface area contributed by atoms with Crippen molar-refractivity contribution in [1.29, 1.82) is 0 Å². The molecule has 82 valence electrons. The molecule has 14 heavy (non-hydrogen) atoms. The molecule has 2 unspecified atom stereocenters. The van der Waals surface area contributed by atoms with Gasteiger partial charge in [-0.15, -0.1) is 0 Å². The summed E-state index contributed by atoms with van der Waals surface area (Å²) in [6, 6.07) is 0.700. The molecule has 2 aliphatic heterocycles. The lowest BCUT2D eigenvalue weighted by molar-refractivity contribution is 0.0738. The van der Waals surface area contributed by atoms with Gasteiger partial charge in [0.2, 0.25) is 0 Å². The fraction of sp³-hybridized carbons (Fsp3) is 1.00. The van der Waals surface area contributed by atoms with Crippen molar-refractivity contribution in [3.05, 3.63) is 0 Å². The maximum absolute atomic E-state index is 9.99. The van der Waals surface area contributed by atoms with E-state index in [1.54, 1.807) is 0 Å². The van der Waals surface area contributed by atoms with E-state index in [9.17, 15) is 5.11 Å². The largest absolute Gasteiger partial charge is 0.393 e. The molecule has 2 rings (SSSR count). The Labute approximate surface area is 86.3 Å². The van der Waals surface area contributed by atoms with Gasteiger partial charge in [-0.1, -0.05) is 0 Å². The Morgan fingerprint density at radius 1 is 1.14 bits per heavy atom. The average Bonchev–Trinajstić information content (AvgIpc) is 2.16. The maximum atomic E-state index is 9.99. The Bertz CT molecular complexity index is 165. The molecule has 0 spiro atoms. The maximum Gasteiger partial charge on any atom is 0.0569 e. The van der Waals surface area contributed by atoms with Crippen LogP contribution in [0.5, 0.6) is 0 Å². The minimum Gasteiger partial charge on any atom is -0.393 e. The molecule has 0 amide bonds. The van der Waals surface area contributed by atoms with Crippen molar-refractivity contribution in [1.82, 2.24) is 10.6 Å². The van der Waals surface area contributed by atoms with E-state index < -0.39 is 0 Å². The molecule has 3 N–H and O–H groups in total. The van der Waals surface area contributed by atoms with Gasteiger partial charge in [0.25, 0.3) is 0 Å². The molecule has 0 aromatic carbocycles. The van der Waals surface area contributed by atoms with Gasteiger partial charge in [0.15, 0.2) is 0 Å². The second-order valence-electron chi connectivity index (χ2n) is 4.67. The normalized spacial score (nSPS) is 31.1. The van der Waals surface area contributed by atoms with Crippen molar-refractivity contribution in [2.75, 3.05) is 19.6 Å². The molecule has 0 aromatic heterocycles. The zero-order valence-electron chi connectivity index (χ0n) is 8.84. The van der Waals surface area contributed by atoms with E-state index >= 15 is 0 Å². The summed E-state index contributed by atoms with van der Waals surface area (Å²) in [5.41, 5.74) is 0. The Balaban J connectivity index is 1.62. The highest BCUT2D eigenvalue weighted by Crippen LogP contribution is 2.21. The van der Waals surface area contributed by atoms with E-state index in [0.717, 1.165) is 38.8 Å². The SMILES string of the molecule is OC(CCC1CCN1)C1CCNCC1. The Morgan fingerprint density at radius 3 is 2.43 bits per heavy atom. The lowest BCUT2D eigenvalue weighted by atomic mass is 9.88. The summed E-state index contributed by atoms with van der Waals surface area (Å²) >= 11 is 0. The molecule has 0 radical (unpaired) electrons. The molecule has 0 aliphatic carbocycles. The Morgan fingerprint density at radius 2 is 1.86 bits per heavy atom. The van der Waals surface area contributed by atoms with Gasteiger partial charge in [-0.2, -0.15) is 0 Å². The number of aliphatic hydroxyl groups excluding tert-OH is 1. The molecule has 0 bridgehead atoms. The van der Waals surface area contributed by atoms with Crippen LogP contribution >= 0.6 is 0 Å². The number of hydrogen-bond donors (Lipinski definition) is 3. The summed E-state index contributed by atoms with van der Waals surface area (Å²) in [5, 5.41) is 16.7. The van der Waals surface area contributed by atoms with Gasteiger partial charge < -0.3 is 15.7 Å². The van der Waals surface area contributed by atoms with E-state index in [-0.39, 0.29) is 6.10 Å². The molecule has 3 heteroatoms. The standard InChI is InChI=1S/C11H22N2O/c14-11(2-1-10-5-8-13-10)9-3-6-12-7-4-9/h9-14H,1-8H2. The number of nitrogens with one attached hydrogen (secondary N) is 2. The Kier molecular flexibility index (Phi) is 3.79. The van der Waals surface area contributed by atoms with Gasteiger partial charge in [-0.05, 0) is 57.7 Å². The van der Waals surface area contributed by atoms with Gasteiger partial charge in [0, 0.05) is 6.04 Å². The van der Waals surface area contributed by atoms with E-state index in [0.29, 0.717) is 12.0 Å². The van der Waals surface area contributed by atoms with E-state index in [2.05, 4.69) is 10.6 Å². The third kappa shape index (κ3) is 2.69. The van der Waals surface area contributed by atoms with Crippen LogP contribution in [0.25, 0.3) is 0 Å². The molecule has 0 saturated carbocycles. The van der Waals surface area contributed by atoms with Gasteiger partial charge >= 0.3 is 0 Å². The molecule has 0 aromatic rings. The summed E-state index contributed by atoms with van der Waals surface area (Å²) in [4.78, 5) is 0. The quantitative estimate of drug-likeness (QED) is 0.616. The first-order valence-corrected chi connectivity index (χ1v) is 5.98. The number of hydrogen-bond acceptors (Lipinski definition) is 3. The summed E-state index contributed by atoms with van der Waals surface area (Å²) in [5.74, 6) is 0.552. The zero-order chi connectivity index (χ0) is 9.80. The molecule has 2 atom stereocenters. The van der Waals surface area contributed by atoms with Crippen LogP contribution in [0.3, 0.4) is 0 Å². The topological polar surface area (TPSA) is 44.3 Å². The highest BCUT2D eigenvalue weighted by atomic mass is 16.3. The lowest BCUT2D eigenvalue weighted by Gasteiger charge is -2.31. The van der Waals surface area contributed by atoms with Gasteiger partial charge in [0.1, 0.15) is 0 Å². The second kappa shape index (κ2) is 5.10. The highest BCUT2D eigenvalue weighted by Gasteiger charge is 2.23. The zero-order valence-corrected chi connectivity index (χ0v) is 8.84. The molecule has 2 aliphatic rings. The second-order valence-corrected chi connectivity index (χ2v) is 4.67. The van der Waals surface area contributed by atoms with Crippen LogP contribution in [0.4, 0.5) is 0 Å². The predicted molar refractivity (Wildman–Crippen MR) is 57.2 cm³/mol. The fourth-order valence-electron chi connectivity index (χ4n) is 2.43. The molecule has 2 fully saturated rings. The highest BCUT2D eigenvalue weighted by molar-refractivity contribution is 4.81.